The highest BCUT2D eigenvalue weighted by Gasteiger charge is 2.43. The Kier molecular flexibility index (Phi) is 5.66. The van der Waals surface area contributed by atoms with E-state index in [1.165, 1.54) is 6.08 Å². The Hall–Kier alpha value is -1.57. The molecule has 0 radical (unpaired) electrons. The lowest BCUT2D eigenvalue weighted by Gasteiger charge is -2.20. The Morgan fingerprint density at radius 2 is 2.00 bits per heavy atom. The lowest BCUT2D eigenvalue weighted by molar-refractivity contribution is -0.183. The van der Waals surface area contributed by atoms with Crippen molar-refractivity contribution in [2.24, 2.45) is 11.7 Å². The lowest BCUT2D eigenvalue weighted by Crippen LogP contribution is -2.45. The number of nitrogens with two attached hydrogens (primary N) is 1. The van der Waals surface area contributed by atoms with Crippen LogP contribution in [-0.2, 0) is 14.3 Å². The average molecular weight is 255 g/mol. The topological polar surface area (TPSA) is 78.6 Å². The summed E-state index contributed by atoms with van der Waals surface area (Å²) in [5.74, 6) is -3.62. The van der Waals surface area contributed by atoms with Gasteiger partial charge in [0.05, 0.1) is 5.92 Å². The van der Waals surface area contributed by atoms with Gasteiger partial charge in [-0.05, 0) is 0 Å². The highest BCUT2D eigenvalue weighted by Crippen LogP contribution is 2.27. The van der Waals surface area contributed by atoms with E-state index >= 15 is 0 Å². The molecule has 0 aromatic heterocycles. The van der Waals surface area contributed by atoms with Gasteiger partial charge < -0.3 is 15.2 Å². The summed E-state index contributed by atoms with van der Waals surface area (Å²) < 4.78 is 44.7. The Morgan fingerprint density at radius 1 is 1.47 bits per heavy atom. The van der Waals surface area contributed by atoms with E-state index in [0.717, 1.165) is 0 Å². The molecule has 0 amide bonds. The molecule has 0 aromatic rings. The van der Waals surface area contributed by atoms with Crippen LogP contribution in [0.3, 0.4) is 0 Å². The summed E-state index contributed by atoms with van der Waals surface area (Å²) in [6, 6.07) is -1.98. The molecule has 0 rings (SSSR count). The van der Waals surface area contributed by atoms with E-state index in [0.29, 0.717) is 6.92 Å². The maximum Gasteiger partial charge on any atom is 0.516 e. The minimum absolute atomic E-state index is 0.226. The minimum Gasteiger partial charge on any atom is -0.430 e. The molecule has 8 heteroatoms. The van der Waals surface area contributed by atoms with Crippen LogP contribution in [-0.4, -0.2) is 30.9 Å². The summed E-state index contributed by atoms with van der Waals surface area (Å²) in [4.78, 5) is 21.8. The van der Waals surface area contributed by atoms with E-state index in [9.17, 15) is 22.8 Å². The van der Waals surface area contributed by atoms with Gasteiger partial charge in [-0.3, -0.25) is 0 Å². The number of rotatable bonds is 4. The summed E-state index contributed by atoms with van der Waals surface area (Å²) in [5.41, 5.74) is 5.00. The quantitative estimate of drug-likeness (QED) is 0.466. The normalized spacial score (nSPS) is 14.6. The summed E-state index contributed by atoms with van der Waals surface area (Å²) in [7, 11) is 0. The van der Waals surface area contributed by atoms with Crippen molar-refractivity contribution in [3.63, 3.8) is 0 Å². The van der Waals surface area contributed by atoms with Crippen LogP contribution in [0.2, 0.25) is 0 Å². The fourth-order valence-electron chi connectivity index (χ4n) is 0.714. The number of ether oxygens (including phenoxy) is 2. The predicted octanol–water partition coefficient (Wildman–Crippen LogP) is 1.38. The van der Waals surface area contributed by atoms with Crippen LogP contribution in [0.25, 0.3) is 0 Å². The maximum absolute atomic E-state index is 12.2. The molecule has 0 heterocycles. The molecule has 0 saturated carbocycles. The molecule has 0 aliphatic carbocycles. The second kappa shape index (κ2) is 6.24. The molecule has 2 N–H and O–H groups in total. The Morgan fingerprint density at radius 3 is 2.41 bits per heavy atom. The fourth-order valence-corrected chi connectivity index (χ4v) is 0.714. The van der Waals surface area contributed by atoms with Crippen molar-refractivity contribution in [3.05, 3.63) is 12.7 Å². The molecule has 5 nitrogen and oxygen atoms in total. The van der Waals surface area contributed by atoms with Crippen molar-refractivity contribution in [1.82, 2.24) is 0 Å². The van der Waals surface area contributed by atoms with Crippen LogP contribution in [0.4, 0.5) is 18.0 Å². The van der Waals surface area contributed by atoms with Crippen LogP contribution >= 0.6 is 0 Å². The van der Waals surface area contributed by atoms with Crippen molar-refractivity contribution in [2.45, 2.75) is 19.1 Å². The number of carbonyl (C=O) groups is 2. The molecule has 0 aliphatic rings. The number of alkyl halides is 3. The first-order valence-electron chi connectivity index (χ1n) is 4.51. The van der Waals surface area contributed by atoms with E-state index in [-0.39, 0.29) is 6.61 Å². The number of carbonyl (C=O) groups excluding carboxylic acids is 2. The van der Waals surface area contributed by atoms with E-state index in [1.807, 2.05) is 0 Å². The Balaban J connectivity index is 4.32. The molecule has 17 heavy (non-hydrogen) atoms. The SMILES string of the molecule is C=CCOC(=O)OC(=O)[C@@H](N)C(C)C(F)(F)F. The van der Waals surface area contributed by atoms with Crippen molar-refractivity contribution in [2.75, 3.05) is 6.61 Å². The summed E-state index contributed by atoms with van der Waals surface area (Å²) in [6.07, 6.45) is -4.87. The molecule has 0 aromatic carbocycles. The average Bonchev–Trinajstić information content (AvgIpc) is 2.22. The second-order valence-corrected chi connectivity index (χ2v) is 3.13. The van der Waals surface area contributed by atoms with Gasteiger partial charge in [-0.1, -0.05) is 19.6 Å². The molecule has 98 valence electrons. The zero-order valence-electron chi connectivity index (χ0n) is 8.99. The summed E-state index contributed by atoms with van der Waals surface area (Å²) in [5, 5.41) is 0. The molecule has 0 spiro atoms. The zero-order chi connectivity index (χ0) is 13.6. The first-order valence-corrected chi connectivity index (χ1v) is 4.51. The van der Waals surface area contributed by atoms with Crippen LogP contribution in [0, 0.1) is 5.92 Å². The first-order chi connectivity index (χ1) is 7.70. The molecule has 0 aliphatic heterocycles. The van der Waals surface area contributed by atoms with Gasteiger partial charge in [0.25, 0.3) is 0 Å². The predicted molar refractivity (Wildman–Crippen MR) is 50.8 cm³/mol. The van der Waals surface area contributed by atoms with Gasteiger partial charge >= 0.3 is 18.3 Å². The van der Waals surface area contributed by atoms with Crippen molar-refractivity contribution < 1.29 is 32.2 Å². The smallest absolute Gasteiger partial charge is 0.430 e. The highest BCUT2D eigenvalue weighted by molar-refractivity contribution is 5.85. The third kappa shape index (κ3) is 5.34. The van der Waals surface area contributed by atoms with Gasteiger partial charge in [-0.2, -0.15) is 13.2 Å². The molecule has 0 saturated heterocycles. The number of halogens is 3. The number of hydrogen-bond donors (Lipinski definition) is 1. The van der Waals surface area contributed by atoms with Gasteiger partial charge in [0.1, 0.15) is 12.6 Å². The van der Waals surface area contributed by atoms with Gasteiger partial charge in [0.15, 0.2) is 0 Å². The standard InChI is InChI=1S/C9H12F3NO4/c1-3-4-16-8(15)17-7(14)6(13)5(2)9(10,11)12/h3,5-6H,1,4,13H2,2H3/t5?,6-/m0/s1. The molecular formula is C9H12F3NO4. The van der Waals surface area contributed by atoms with E-state index in [4.69, 9.17) is 5.73 Å². The number of hydrogen-bond acceptors (Lipinski definition) is 5. The maximum atomic E-state index is 12.2. The zero-order valence-corrected chi connectivity index (χ0v) is 8.99. The Bertz CT molecular complexity index is 303. The van der Waals surface area contributed by atoms with E-state index < -0.39 is 30.3 Å². The molecular weight excluding hydrogens is 243 g/mol. The van der Waals surface area contributed by atoms with Crippen LogP contribution in [0.5, 0.6) is 0 Å². The summed E-state index contributed by atoms with van der Waals surface area (Å²) in [6.45, 7) is 3.70. The third-order valence-electron chi connectivity index (χ3n) is 1.83. The minimum atomic E-state index is -4.65. The molecule has 0 fully saturated rings. The second-order valence-electron chi connectivity index (χ2n) is 3.13. The van der Waals surface area contributed by atoms with Gasteiger partial charge in [-0.15, -0.1) is 0 Å². The van der Waals surface area contributed by atoms with Gasteiger partial charge in [-0.25, -0.2) is 9.59 Å². The van der Waals surface area contributed by atoms with E-state index in [1.54, 1.807) is 0 Å². The van der Waals surface area contributed by atoms with Gasteiger partial charge in [0.2, 0.25) is 0 Å². The summed E-state index contributed by atoms with van der Waals surface area (Å²) >= 11 is 0. The van der Waals surface area contributed by atoms with Crippen LogP contribution in [0.15, 0.2) is 12.7 Å². The largest absolute Gasteiger partial charge is 0.516 e. The number of esters is 1. The van der Waals surface area contributed by atoms with Crippen molar-refractivity contribution in [1.29, 1.82) is 0 Å². The molecule has 1 unspecified atom stereocenters. The first kappa shape index (κ1) is 15.4. The van der Waals surface area contributed by atoms with Crippen LogP contribution < -0.4 is 5.73 Å². The van der Waals surface area contributed by atoms with Gasteiger partial charge in [0, 0.05) is 0 Å². The monoisotopic (exact) mass is 255 g/mol. The lowest BCUT2D eigenvalue weighted by atomic mass is 10.0. The fraction of sp³-hybridized carbons (Fsp3) is 0.556. The van der Waals surface area contributed by atoms with Crippen molar-refractivity contribution in [3.8, 4) is 0 Å². The third-order valence-corrected chi connectivity index (χ3v) is 1.83. The van der Waals surface area contributed by atoms with E-state index in [2.05, 4.69) is 16.1 Å². The van der Waals surface area contributed by atoms with Crippen LogP contribution in [0.1, 0.15) is 6.92 Å². The molecule has 2 atom stereocenters. The van der Waals surface area contributed by atoms with Crippen molar-refractivity contribution >= 4 is 12.1 Å². The highest BCUT2D eigenvalue weighted by atomic mass is 19.4. The Labute approximate surface area is 95.4 Å². The molecule has 0 bridgehead atoms.